The molecule has 0 heterocycles. The number of hydrogen-bond acceptors (Lipinski definition) is 3. The first kappa shape index (κ1) is 53.4. The van der Waals surface area contributed by atoms with Crippen LogP contribution in [0.2, 0.25) is 0 Å². The van der Waals surface area contributed by atoms with Crippen LogP contribution < -0.4 is 27.4 Å². The van der Waals surface area contributed by atoms with Crippen molar-refractivity contribution >= 4 is 51.6 Å². The SMILES string of the molecule is C[C-](C)C.F[B-](F)(F)F.F[B-](F)(F)F.N.N#C[CH-]CP(c1ccccc1)c1ccccc1.[CH2-]C#N.[CH2-]P(c1ccccc1)c1ccccc1.[Pd+2]. The molecular formula is C34H39B2F8N3P2Pd-4. The van der Waals surface area contributed by atoms with Crippen molar-refractivity contribution in [3.8, 4) is 12.1 Å². The Balaban J connectivity index is -0.000000287. The molecule has 0 aliphatic carbocycles. The fourth-order valence-corrected chi connectivity index (χ4v) is 6.48. The molecule has 0 radical (unpaired) electrons. The average Bonchev–Trinajstić information content (AvgIpc) is 3.02. The third-order valence-corrected chi connectivity index (χ3v) is 8.87. The minimum atomic E-state index is -6.00. The van der Waals surface area contributed by atoms with Gasteiger partial charge in [0.25, 0.3) is 0 Å². The van der Waals surface area contributed by atoms with Gasteiger partial charge in [-0.05, 0) is 10.6 Å². The standard InChI is InChI=1S/C15H13NP.C13H12P.C4H9.C2H2N.2BF4.H3N.Pd/c16-12-7-13-17(14-8-3-1-4-9-14)15-10-5-2-6-11-15;1-14(12-8-4-2-5-9-12)13-10-6-3-7-11-13;1-4(2)3;1-2-3;2*2-1(3,4)5;;/h1-11H,13H2;2-11H,1H2;1-3H3;1H2;;;1H3;/q6*-1;;+2. The Morgan fingerprint density at radius 3 is 1.00 bits per heavy atom. The molecule has 0 aliphatic heterocycles. The van der Waals surface area contributed by atoms with Crippen LogP contribution in [0.1, 0.15) is 20.8 Å². The van der Waals surface area contributed by atoms with Gasteiger partial charge in [0.2, 0.25) is 0 Å². The Labute approximate surface area is 308 Å². The van der Waals surface area contributed by atoms with Gasteiger partial charge < -0.3 is 60.2 Å². The fourth-order valence-electron chi connectivity index (χ4n) is 3.07. The molecule has 4 rings (SSSR count). The largest absolute Gasteiger partial charge is 2.00 e. The maximum Gasteiger partial charge on any atom is 2.00 e. The molecule has 0 spiro atoms. The maximum atomic E-state index is 9.75. The molecule has 4 aromatic carbocycles. The number of nitrogens with zero attached hydrogens (tertiary/aromatic N) is 2. The summed E-state index contributed by atoms with van der Waals surface area (Å²) in [6.07, 6.45) is 2.52. The molecule has 50 heavy (non-hydrogen) atoms. The van der Waals surface area contributed by atoms with Crippen molar-refractivity contribution in [3.05, 3.63) is 147 Å². The third kappa shape index (κ3) is 35.9. The Morgan fingerprint density at radius 1 is 0.600 bits per heavy atom. The molecule has 0 bridgehead atoms. The van der Waals surface area contributed by atoms with E-state index < -0.39 is 30.4 Å². The molecule has 4 aromatic rings. The van der Waals surface area contributed by atoms with Gasteiger partial charge in [0.1, 0.15) is 0 Å². The molecule has 0 atom stereocenters. The van der Waals surface area contributed by atoms with Gasteiger partial charge >= 0.3 is 34.9 Å². The number of hydrogen-bond donors (Lipinski definition) is 1. The summed E-state index contributed by atoms with van der Waals surface area (Å²) in [7, 11) is -12.9. The monoisotopic (exact) mass is 831 g/mol. The minimum Gasteiger partial charge on any atom is -0.418 e. The van der Waals surface area contributed by atoms with E-state index in [2.05, 4.69) is 137 Å². The van der Waals surface area contributed by atoms with Crippen molar-refractivity contribution in [1.29, 1.82) is 10.5 Å². The van der Waals surface area contributed by atoms with Gasteiger partial charge in [-0.15, -0.1) is 18.3 Å². The average molecular weight is 832 g/mol. The van der Waals surface area contributed by atoms with Crippen LogP contribution in [-0.4, -0.2) is 20.7 Å². The number of benzene rings is 4. The summed E-state index contributed by atoms with van der Waals surface area (Å²) >= 11 is 0. The van der Waals surface area contributed by atoms with Crippen molar-refractivity contribution < 1.29 is 54.9 Å². The molecule has 16 heteroatoms. The van der Waals surface area contributed by atoms with Gasteiger partial charge in [0, 0.05) is 0 Å². The van der Waals surface area contributed by atoms with Crippen LogP contribution >= 0.6 is 15.8 Å². The topological polar surface area (TPSA) is 82.6 Å². The summed E-state index contributed by atoms with van der Waals surface area (Å²) in [6, 6.07) is 45.4. The fraction of sp³-hybridized carbons (Fsp3) is 0.118. The molecule has 3 N–H and O–H groups in total. The predicted molar refractivity (Wildman–Crippen MR) is 195 cm³/mol. The van der Waals surface area contributed by atoms with Crippen LogP contribution in [0.5, 0.6) is 0 Å². The summed E-state index contributed by atoms with van der Waals surface area (Å²) in [5, 5.41) is 21.2. The first-order valence-corrected chi connectivity index (χ1v) is 17.0. The summed E-state index contributed by atoms with van der Waals surface area (Å²) in [4.78, 5) is 0. The molecule has 0 aromatic heterocycles. The zero-order valence-corrected chi connectivity index (χ0v) is 31.1. The van der Waals surface area contributed by atoms with E-state index in [0.29, 0.717) is 0 Å². The van der Waals surface area contributed by atoms with Crippen LogP contribution in [0, 0.1) is 48.6 Å². The molecule has 3 nitrogen and oxygen atoms in total. The van der Waals surface area contributed by atoms with E-state index in [0.717, 1.165) is 6.16 Å². The van der Waals surface area contributed by atoms with E-state index in [1.165, 1.54) is 33.2 Å². The van der Waals surface area contributed by atoms with Gasteiger partial charge in [-0.2, -0.15) is 20.8 Å². The molecule has 0 fully saturated rings. The Hall–Kier alpha value is -3.35. The van der Waals surface area contributed by atoms with Gasteiger partial charge in [-0.25, -0.2) is 18.4 Å². The van der Waals surface area contributed by atoms with Gasteiger partial charge in [-0.3, -0.25) is 6.42 Å². The van der Waals surface area contributed by atoms with Crippen LogP contribution in [0.25, 0.3) is 0 Å². The summed E-state index contributed by atoms with van der Waals surface area (Å²) in [6.45, 7) is 13.3. The van der Waals surface area contributed by atoms with Crippen LogP contribution in [-0.2, 0) is 20.4 Å². The molecule has 0 aliphatic rings. The Morgan fingerprint density at radius 2 is 0.800 bits per heavy atom. The number of rotatable bonds is 6. The second-order valence-electron chi connectivity index (χ2n) is 9.36. The second kappa shape index (κ2) is 31.6. The van der Waals surface area contributed by atoms with E-state index >= 15 is 0 Å². The van der Waals surface area contributed by atoms with Crippen molar-refractivity contribution in [2.45, 2.75) is 20.8 Å². The zero-order chi connectivity index (χ0) is 37.0. The van der Waals surface area contributed by atoms with Crippen LogP contribution in [0.3, 0.4) is 0 Å². The Kier molecular flexibility index (Phi) is 33.8. The van der Waals surface area contributed by atoms with E-state index in [9.17, 15) is 34.5 Å². The third-order valence-electron chi connectivity index (χ3n) is 4.64. The van der Waals surface area contributed by atoms with Crippen LogP contribution in [0.4, 0.5) is 34.5 Å². The zero-order valence-electron chi connectivity index (χ0n) is 27.7. The molecule has 0 unspecified atom stereocenters. The normalized spacial score (nSPS) is 9.54. The quantitative estimate of drug-likeness (QED) is 0.0909. The van der Waals surface area contributed by atoms with Crippen LogP contribution in [0.15, 0.2) is 121 Å². The van der Waals surface area contributed by atoms with Crippen molar-refractivity contribution in [2.24, 2.45) is 0 Å². The first-order chi connectivity index (χ1) is 22.4. The summed E-state index contributed by atoms with van der Waals surface area (Å²) in [5.74, 6) is 1.42. The molecule has 0 amide bonds. The van der Waals surface area contributed by atoms with Gasteiger partial charge in [0.05, 0.1) is 0 Å². The van der Waals surface area contributed by atoms with E-state index in [4.69, 9.17) is 10.5 Å². The van der Waals surface area contributed by atoms with E-state index in [1.807, 2.05) is 24.3 Å². The van der Waals surface area contributed by atoms with E-state index in [1.54, 1.807) is 6.42 Å². The van der Waals surface area contributed by atoms with Crippen molar-refractivity contribution in [1.82, 2.24) is 6.15 Å². The molecule has 0 saturated carbocycles. The Bertz CT molecular complexity index is 1310. The second-order valence-corrected chi connectivity index (χ2v) is 13.5. The van der Waals surface area contributed by atoms with Gasteiger partial charge in [0.15, 0.2) is 0 Å². The van der Waals surface area contributed by atoms with Crippen molar-refractivity contribution in [3.63, 3.8) is 0 Å². The van der Waals surface area contributed by atoms with E-state index in [-0.39, 0.29) is 26.6 Å². The minimum absolute atomic E-state index is 0. The number of nitriles is 2. The predicted octanol–water partition coefficient (Wildman–Crippen LogP) is 10.5. The first-order valence-electron chi connectivity index (χ1n) is 13.9. The maximum absolute atomic E-state index is 9.75. The summed E-state index contributed by atoms with van der Waals surface area (Å²) in [5.41, 5.74) is 0. The van der Waals surface area contributed by atoms with Gasteiger partial charge in [-0.1, -0.05) is 140 Å². The molecule has 276 valence electrons. The summed E-state index contributed by atoms with van der Waals surface area (Å²) < 4.78 is 78.0. The molecule has 0 saturated heterocycles. The molecular weight excluding hydrogens is 792 g/mol. The number of halogens is 8. The van der Waals surface area contributed by atoms with Crippen molar-refractivity contribution in [2.75, 3.05) is 6.16 Å². The smallest absolute Gasteiger partial charge is 0.418 e.